The molecular formula is C15H18ClNOS. The Labute approximate surface area is 123 Å². The highest BCUT2D eigenvalue weighted by molar-refractivity contribution is 7.10. The third kappa shape index (κ3) is 3.30. The minimum atomic E-state index is 0.0700. The topological polar surface area (TPSA) is 21.3 Å². The number of para-hydroxylation sites is 1. The van der Waals surface area contributed by atoms with Gasteiger partial charge in [-0.2, -0.15) is 0 Å². The molecule has 2 rings (SSSR count). The van der Waals surface area contributed by atoms with Crippen molar-refractivity contribution in [1.29, 1.82) is 0 Å². The van der Waals surface area contributed by atoms with Crippen molar-refractivity contribution < 1.29 is 4.74 Å². The number of thiophene rings is 1. The zero-order valence-corrected chi connectivity index (χ0v) is 12.7. The molecule has 0 aliphatic heterocycles. The minimum absolute atomic E-state index is 0.0700. The first-order valence-electron chi connectivity index (χ1n) is 6.39. The zero-order chi connectivity index (χ0) is 13.7. The Morgan fingerprint density at radius 2 is 2.11 bits per heavy atom. The van der Waals surface area contributed by atoms with Crippen LogP contribution < -0.4 is 10.1 Å². The molecule has 0 aliphatic carbocycles. The summed E-state index contributed by atoms with van der Waals surface area (Å²) < 4.78 is 5.83. The molecule has 2 aromatic rings. The quantitative estimate of drug-likeness (QED) is 0.847. The Kier molecular flexibility index (Phi) is 5.25. The first kappa shape index (κ1) is 14.4. The number of ether oxygens (including phenoxy) is 1. The third-order valence-electron chi connectivity index (χ3n) is 2.89. The average Bonchev–Trinajstić information content (AvgIpc) is 2.85. The number of hydrogen-bond donors (Lipinski definition) is 1. The molecule has 1 heterocycles. The summed E-state index contributed by atoms with van der Waals surface area (Å²) >= 11 is 7.91. The van der Waals surface area contributed by atoms with E-state index in [2.05, 4.69) is 18.3 Å². The van der Waals surface area contributed by atoms with Crippen molar-refractivity contribution >= 4 is 22.9 Å². The zero-order valence-electron chi connectivity index (χ0n) is 11.2. The van der Waals surface area contributed by atoms with Crippen LogP contribution in [0.3, 0.4) is 0 Å². The first-order valence-corrected chi connectivity index (χ1v) is 7.65. The highest BCUT2D eigenvalue weighted by Gasteiger charge is 2.19. The van der Waals surface area contributed by atoms with Crippen LogP contribution in [-0.4, -0.2) is 13.7 Å². The monoisotopic (exact) mass is 295 g/mol. The van der Waals surface area contributed by atoms with Crippen molar-refractivity contribution in [3.8, 4) is 5.75 Å². The summed E-state index contributed by atoms with van der Waals surface area (Å²) in [5.74, 6) is 0.924. The van der Waals surface area contributed by atoms with Crippen LogP contribution in [0.1, 0.15) is 29.8 Å². The number of rotatable bonds is 6. The summed E-state index contributed by atoms with van der Waals surface area (Å²) in [4.78, 5) is 1.12. The lowest BCUT2D eigenvalue weighted by Gasteiger charge is -2.19. The molecule has 0 fully saturated rings. The van der Waals surface area contributed by atoms with Crippen molar-refractivity contribution in [3.63, 3.8) is 0 Å². The molecule has 0 aliphatic rings. The van der Waals surface area contributed by atoms with Crippen molar-refractivity contribution in [1.82, 2.24) is 5.32 Å². The van der Waals surface area contributed by atoms with Gasteiger partial charge >= 0.3 is 0 Å². The molecule has 1 N–H and O–H groups in total. The number of benzene rings is 1. The van der Waals surface area contributed by atoms with Crippen molar-refractivity contribution in [2.24, 2.45) is 0 Å². The lowest BCUT2D eigenvalue weighted by molar-refractivity contribution is 0.312. The van der Waals surface area contributed by atoms with Crippen LogP contribution in [0.4, 0.5) is 0 Å². The molecule has 19 heavy (non-hydrogen) atoms. The molecule has 1 unspecified atom stereocenters. The van der Waals surface area contributed by atoms with Gasteiger partial charge in [0.15, 0.2) is 0 Å². The summed E-state index contributed by atoms with van der Waals surface area (Å²) in [6.45, 7) is 2.83. The van der Waals surface area contributed by atoms with E-state index in [9.17, 15) is 0 Å². The van der Waals surface area contributed by atoms with Crippen LogP contribution in [0.2, 0.25) is 5.02 Å². The predicted molar refractivity (Wildman–Crippen MR) is 82.5 cm³/mol. The lowest BCUT2D eigenvalue weighted by atomic mass is 10.0. The van der Waals surface area contributed by atoms with E-state index in [1.807, 2.05) is 36.7 Å². The van der Waals surface area contributed by atoms with Crippen LogP contribution in [0.15, 0.2) is 35.7 Å². The SMILES string of the molecule is CCCOc1ccccc1C(NC)c1sccc1Cl. The van der Waals surface area contributed by atoms with Gasteiger partial charge in [0.25, 0.3) is 0 Å². The first-order chi connectivity index (χ1) is 9.27. The molecule has 102 valence electrons. The van der Waals surface area contributed by atoms with Crippen LogP contribution in [0.25, 0.3) is 0 Å². The van der Waals surface area contributed by atoms with Gasteiger partial charge in [-0.05, 0) is 31.0 Å². The lowest BCUT2D eigenvalue weighted by Crippen LogP contribution is -2.18. The van der Waals surface area contributed by atoms with Gasteiger partial charge in [-0.25, -0.2) is 0 Å². The highest BCUT2D eigenvalue weighted by Crippen LogP contribution is 2.36. The van der Waals surface area contributed by atoms with Crippen LogP contribution in [0.5, 0.6) is 5.75 Å². The molecule has 0 amide bonds. The van der Waals surface area contributed by atoms with Gasteiger partial charge in [0.2, 0.25) is 0 Å². The Morgan fingerprint density at radius 3 is 2.74 bits per heavy atom. The van der Waals surface area contributed by atoms with Gasteiger partial charge in [0, 0.05) is 10.4 Å². The highest BCUT2D eigenvalue weighted by atomic mass is 35.5. The molecule has 0 saturated carbocycles. The van der Waals surface area contributed by atoms with Gasteiger partial charge in [-0.15, -0.1) is 11.3 Å². The van der Waals surface area contributed by atoms with Crippen molar-refractivity contribution in [3.05, 3.63) is 51.2 Å². The Bertz CT molecular complexity index is 526. The second kappa shape index (κ2) is 6.94. The second-order valence-electron chi connectivity index (χ2n) is 4.24. The Hall–Kier alpha value is -1.03. The van der Waals surface area contributed by atoms with Gasteiger partial charge in [-0.1, -0.05) is 36.7 Å². The summed E-state index contributed by atoms with van der Waals surface area (Å²) in [6, 6.07) is 10.1. The van der Waals surface area contributed by atoms with E-state index in [-0.39, 0.29) is 6.04 Å². The fourth-order valence-corrected chi connectivity index (χ4v) is 3.29. The van der Waals surface area contributed by atoms with Crippen LogP contribution in [0, 0.1) is 0 Å². The standard InChI is InChI=1S/C15H18ClNOS/c1-3-9-18-13-7-5-4-6-11(13)14(17-2)15-12(16)8-10-19-15/h4-8,10,14,17H,3,9H2,1-2H3. The molecule has 4 heteroatoms. The molecule has 2 nitrogen and oxygen atoms in total. The van der Waals surface area contributed by atoms with Gasteiger partial charge < -0.3 is 10.1 Å². The van der Waals surface area contributed by atoms with Crippen LogP contribution >= 0.6 is 22.9 Å². The van der Waals surface area contributed by atoms with E-state index < -0.39 is 0 Å². The molecule has 0 bridgehead atoms. The van der Waals surface area contributed by atoms with E-state index in [1.165, 1.54) is 0 Å². The van der Waals surface area contributed by atoms with E-state index in [1.54, 1.807) is 11.3 Å². The molecule has 1 aromatic heterocycles. The number of halogens is 1. The third-order valence-corrected chi connectivity index (χ3v) is 4.31. The minimum Gasteiger partial charge on any atom is -0.493 e. The Balaban J connectivity index is 2.35. The number of hydrogen-bond acceptors (Lipinski definition) is 3. The molecule has 1 atom stereocenters. The fraction of sp³-hybridized carbons (Fsp3) is 0.333. The van der Waals surface area contributed by atoms with Crippen LogP contribution in [-0.2, 0) is 0 Å². The maximum atomic E-state index is 6.25. The Morgan fingerprint density at radius 1 is 1.32 bits per heavy atom. The summed E-state index contributed by atoms with van der Waals surface area (Å²) in [5.41, 5.74) is 1.13. The number of nitrogens with one attached hydrogen (secondary N) is 1. The summed E-state index contributed by atoms with van der Waals surface area (Å²) in [5, 5.41) is 6.14. The van der Waals surface area contributed by atoms with E-state index >= 15 is 0 Å². The maximum absolute atomic E-state index is 6.25. The van der Waals surface area contributed by atoms with Gasteiger partial charge in [0.1, 0.15) is 5.75 Å². The average molecular weight is 296 g/mol. The molecule has 1 aromatic carbocycles. The summed E-state index contributed by atoms with van der Waals surface area (Å²) in [7, 11) is 1.94. The van der Waals surface area contributed by atoms with E-state index in [0.29, 0.717) is 0 Å². The van der Waals surface area contributed by atoms with Gasteiger partial charge in [-0.3, -0.25) is 0 Å². The maximum Gasteiger partial charge on any atom is 0.124 e. The molecule has 0 radical (unpaired) electrons. The molecule has 0 saturated heterocycles. The second-order valence-corrected chi connectivity index (χ2v) is 5.60. The van der Waals surface area contributed by atoms with Crippen molar-refractivity contribution in [2.75, 3.05) is 13.7 Å². The summed E-state index contributed by atoms with van der Waals surface area (Å²) in [6.07, 6.45) is 0.998. The van der Waals surface area contributed by atoms with E-state index in [0.717, 1.165) is 34.2 Å². The fourth-order valence-electron chi connectivity index (χ4n) is 2.00. The molecular weight excluding hydrogens is 278 g/mol. The van der Waals surface area contributed by atoms with Crippen molar-refractivity contribution in [2.45, 2.75) is 19.4 Å². The molecule has 0 spiro atoms. The predicted octanol–water partition coefficient (Wildman–Crippen LogP) is 4.50. The van der Waals surface area contributed by atoms with E-state index in [4.69, 9.17) is 16.3 Å². The largest absolute Gasteiger partial charge is 0.493 e. The van der Waals surface area contributed by atoms with Gasteiger partial charge in [0.05, 0.1) is 17.7 Å². The normalized spacial score (nSPS) is 12.4. The smallest absolute Gasteiger partial charge is 0.124 e.